The van der Waals surface area contributed by atoms with Crippen molar-refractivity contribution in [1.29, 1.82) is 0 Å². The van der Waals surface area contributed by atoms with E-state index in [0.29, 0.717) is 10.5 Å². The highest BCUT2D eigenvalue weighted by atomic mass is 19.2. The predicted molar refractivity (Wildman–Crippen MR) is 134 cm³/mol. The molecular formula is C24H24BF2N5O9. The van der Waals surface area contributed by atoms with Gasteiger partial charge in [0.1, 0.15) is 11.8 Å². The van der Waals surface area contributed by atoms with Crippen LogP contribution in [0.2, 0.25) is 0 Å². The Balaban J connectivity index is 1.60. The second kappa shape index (κ2) is 11.8. The lowest BCUT2D eigenvalue weighted by atomic mass is 9.72. The Bertz CT molecular complexity index is 1430. The number of imide groups is 1. The molecule has 1 saturated heterocycles. The molecule has 2 heterocycles. The van der Waals surface area contributed by atoms with Crippen molar-refractivity contribution in [2.75, 3.05) is 26.2 Å². The van der Waals surface area contributed by atoms with E-state index >= 15 is 0 Å². The average Bonchev–Trinajstić information content (AvgIpc) is 2.93. The lowest BCUT2D eigenvalue weighted by Crippen LogP contribution is -2.60. The summed E-state index contributed by atoms with van der Waals surface area (Å²) in [6.07, 6.45) is -0.146. The average molecular weight is 575 g/mol. The summed E-state index contributed by atoms with van der Waals surface area (Å²) in [5, 5.41) is 33.8. The molecule has 0 spiro atoms. The zero-order chi connectivity index (χ0) is 30.0. The first-order valence-electron chi connectivity index (χ1n) is 12.2. The van der Waals surface area contributed by atoms with Crippen LogP contribution in [0.25, 0.3) is 0 Å². The molecule has 0 bridgehead atoms. The number of carbonyl (C=O) groups is 5. The number of rotatable bonds is 7. The van der Waals surface area contributed by atoms with E-state index in [1.807, 2.05) is 0 Å². The summed E-state index contributed by atoms with van der Waals surface area (Å²) in [6.45, 7) is -0.212. The number of phenols is 1. The maximum atomic E-state index is 14.9. The number of urea groups is 1. The topological polar surface area (TPSA) is 212 Å². The van der Waals surface area contributed by atoms with Gasteiger partial charge in [-0.3, -0.25) is 19.3 Å². The summed E-state index contributed by atoms with van der Waals surface area (Å²) >= 11 is 0. The van der Waals surface area contributed by atoms with Crippen molar-refractivity contribution < 1.29 is 52.6 Å². The lowest BCUT2D eigenvalue weighted by molar-refractivity contribution is -0.153. The summed E-state index contributed by atoms with van der Waals surface area (Å²) in [7, 11) is -1.78. The molecule has 0 aliphatic carbocycles. The smallest absolute Gasteiger partial charge is 0.534 e. The molecule has 2 aromatic carbocycles. The van der Waals surface area contributed by atoms with E-state index in [1.165, 1.54) is 18.2 Å². The minimum absolute atomic E-state index is 0.0579. The van der Waals surface area contributed by atoms with Crippen LogP contribution >= 0.6 is 0 Å². The number of piperazine rings is 1. The number of aromatic hydroxyl groups is 1. The number of benzene rings is 2. The molecule has 14 nitrogen and oxygen atoms in total. The van der Waals surface area contributed by atoms with Gasteiger partial charge in [0.25, 0.3) is 0 Å². The molecule has 17 heteroatoms. The quantitative estimate of drug-likeness (QED) is 0.173. The van der Waals surface area contributed by atoms with E-state index in [4.69, 9.17) is 10.4 Å². The van der Waals surface area contributed by atoms with Gasteiger partial charge in [-0.05, 0) is 30.2 Å². The molecule has 1 fully saturated rings. The first kappa shape index (κ1) is 29.2. The van der Waals surface area contributed by atoms with Crippen LogP contribution in [-0.4, -0.2) is 94.0 Å². The number of nitrogens with one attached hydrogen (secondary N) is 2. The number of amides is 5. The number of hydrogen-bond donors (Lipinski definition) is 6. The van der Waals surface area contributed by atoms with Gasteiger partial charge in [-0.15, -0.1) is 0 Å². The van der Waals surface area contributed by atoms with Crippen molar-refractivity contribution in [1.82, 2.24) is 20.4 Å². The third kappa shape index (κ3) is 5.76. The third-order valence-electron chi connectivity index (χ3n) is 6.56. The van der Waals surface area contributed by atoms with Crippen LogP contribution in [0.15, 0.2) is 30.3 Å². The van der Waals surface area contributed by atoms with Crippen molar-refractivity contribution in [3.8, 4) is 11.5 Å². The Morgan fingerprint density at radius 3 is 2.54 bits per heavy atom. The van der Waals surface area contributed by atoms with E-state index in [0.717, 1.165) is 17.0 Å². The first-order valence-corrected chi connectivity index (χ1v) is 12.2. The fourth-order valence-electron chi connectivity index (χ4n) is 4.48. The molecule has 2 aliphatic rings. The van der Waals surface area contributed by atoms with Crippen molar-refractivity contribution in [2.45, 2.75) is 18.4 Å². The molecule has 0 radical (unpaired) electrons. The number of nitrogens with zero attached hydrogens (tertiary/aromatic N) is 2. The summed E-state index contributed by atoms with van der Waals surface area (Å²) in [5.41, 5.74) is 4.75. The van der Waals surface area contributed by atoms with Crippen LogP contribution in [-0.2, 0) is 20.8 Å². The van der Waals surface area contributed by atoms with Gasteiger partial charge < -0.3 is 41.2 Å². The maximum absolute atomic E-state index is 14.9. The molecule has 2 aliphatic heterocycles. The molecule has 5 amide bonds. The van der Waals surface area contributed by atoms with Crippen LogP contribution in [0, 0.1) is 11.6 Å². The Kier molecular flexibility index (Phi) is 8.39. The van der Waals surface area contributed by atoms with Crippen molar-refractivity contribution in [3.05, 3.63) is 58.7 Å². The highest BCUT2D eigenvalue weighted by Crippen LogP contribution is 2.31. The molecule has 0 aromatic heterocycles. The number of nitrogens with two attached hydrogens (primary N) is 1. The van der Waals surface area contributed by atoms with Crippen LogP contribution in [0.3, 0.4) is 0 Å². The number of carbonyl (C=O) groups excluding carboxylic acids is 4. The van der Waals surface area contributed by atoms with E-state index in [1.54, 1.807) is 0 Å². The number of para-hydroxylation sites is 1. The highest BCUT2D eigenvalue weighted by Gasteiger charge is 2.41. The number of hydrogen-bond acceptors (Lipinski definition) is 9. The summed E-state index contributed by atoms with van der Waals surface area (Å²) < 4.78 is 34.4. The van der Waals surface area contributed by atoms with Crippen LogP contribution in [0.1, 0.15) is 27.5 Å². The number of carboxylic acids is 1. The number of halogens is 2. The van der Waals surface area contributed by atoms with Gasteiger partial charge in [-0.2, -0.15) is 4.39 Å². The maximum Gasteiger partial charge on any atom is 0.547 e. The molecule has 1 unspecified atom stereocenters. The third-order valence-corrected chi connectivity index (χ3v) is 6.56. The Morgan fingerprint density at radius 1 is 1.12 bits per heavy atom. The van der Waals surface area contributed by atoms with Gasteiger partial charge in [0.15, 0.2) is 11.6 Å². The van der Waals surface area contributed by atoms with Crippen molar-refractivity contribution in [2.24, 2.45) is 5.73 Å². The zero-order valence-electron chi connectivity index (χ0n) is 21.2. The second-order valence-electron chi connectivity index (χ2n) is 9.15. The molecular weight excluding hydrogens is 551 g/mol. The number of fused-ring (bicyclic) bond motifs is 1. The minimum Gasteiger partial charge on any atom is -0.534 e. The van der Waals surface area contributed by atoms with Crippen LogP contribution in [0.5, 0.6) is 11.5 Å². The molecule has 7 N–H and O–H groups in total. The van der Waals surface area contributed by atoms with Gasteiger partial charge in [0, 0.05) is 31.7 Å². The summed E-state index contributed by atoms with van der Waals surface area (Å²) in [6, 6.07) is 2.43. The number of carboxylic acid groups (broad SMARTS) is 1. The molecule has 2 atom stereocenters. The van der Waals surface area contributed by atoms with Gasteiger partial charge in [-0.25, -0.2) is 14.0 Å². The van der Waals surface area contributed by atoms with Crippen LogP contribution < -0.4 is 21.0 Å². The summed E-state index contributed by atoms with van der Waals surface area (Å²) in [5.74, 6) is -10.6. The molecule has 41 heavy (non-hydrogen) atoms. The van der Waals surface area contributed by atoms with E-state index in [-0.39, 0.29) is 43.9 Å². The van der Waals surface area contributed by atoms with E-state index in [2.05, 4.69) is 10.6 Å². The Morgan fingerprint density at radius 2 is 1.85 bits per heavy atom. The predicted octanol–water partition coefficient (Wildman–Crippen LogP) is -1.11. The van der Waals surface area contributed by atoms with Crippen LogP contribution in [0.4, 0.5) is 13.6 Å². The van der Waals surface area contributed by atoms with Gasteiger partial charge >= 0.3 is 30.9 Å². The lowest BCUT2D eigenvalue weighted by Gasteiger charge is -2.33. The van der Waals surface area contributed by atoms with Crippen molar-refractivity contribution >= 4 is 36.8 Å². The molecule has 0 saturated carbocycles. The molecule has 4 rings (SSSR count). The number of aromatic carboxylic acids is 1. The molecule has 2 aromatic rings. The Labute approximate surface area is 230 Å². The first-order chi connectivity index (χ1) is 19.4. The second-order valence-corrected chi connectivity index (χ2v) is 9.15. The normalized spacial score (nSPS) is 17.5. The van der Waals surface area contributed by atoms with Gasteiger partial charge in [-0.1, -0.05) is 12.1 Å². The van der Waals surface area contributed by atoms with E-state index < -0.39 is 71.8 Å². The number of phenolic OH excluding ortho intramolecular Hbond substituents is 1. The fourth-order valence-corrected chi connectivity index (χ4v) is 4.48. The summed E-state index contributed by atoms with van der Waals surface area (Å²) in [4.78, 5) is 64.3. The van der Waals surface area contributed by atoms with Gasteiger partial charge in [0.2, 0.25) is 11.7 Å². The Hall–Kier alpha value is -4.77. The SMILES string of the molecule is NCCN1CCN(C(=O)NC(C(=O)N[C@H]2Cc3cccc(C(=O)O)c3OB2O)c2ccc(O)c(F)c2F)C(=O)C1=O. The van der Waals surface area contributed by atoms with Gasteiger partial charge in [0.05, 0.1) is 11.5 Å². The fraction of sp³-hybridized carbons (Fsp3) is 0.292. The highest BCUT2D eigenvalue weighted by molar-refractivity contribution is 6.47. The van der Waals surface area contributed by atoms with E-state index in [9.17, 15) is 48.0 Å². The largest absolute Gasteiger partial charge is 0.547 e. The monoisotopic (exact) mass is 575 g/mol. The zero-order valence-corrected chi connectivity index (χ0v) is 21.2. The minimum atomic E-state index is -2.03. The molecule has 216 valence electrons. The van der Waals surface area contributed by atoms with Crippen molar-refractivity contribution in [3.63, 3.8) is 0 Å². The standard InChI is InChI=1S/C24H24BF2N5O9/c26-16-12(4-5-14(33)17(16)27)18(30-24(39)32-9-8-31(7-6-28)21(35)22(32)36)20(34)29-15-10-11-2-1-3-13(23(37)38)19(11)41-25(15)40/h1-5,15,18,33,40H,6-10,28H2,(H,29,34)(H,30,39)(H,37,38)/t15-,18?/m0/s1.